The summed E-state index contributed by atoms with van der Waals surface area (Å²) in [4.78, 5) is 0. The molecule has 0 aliphatic heterocycles. The molecule has 2 rings (SSSR count). The predicted octanol–water partition coefficient (Wildman–Crippen LogP) is 2.72. The van der Waals surface area contributed by atoms with Crippen molar-refractivity contribution in [3.05, 3.63) is 0 Å². The summed E-state index contributed by atoms with van der Waals surface area (Å²) in [6, 6.07) is 0.774. The van der Waals surface area contributed by atoms with Crippen LogP contribution in [0.1, 0.15) is 51.4 Å². The van der Waals surface area contributed by atoms with Crippen molar-refractivity contribution in [1.29, 1.82) is 0 Å². The molecular weight excluding hydrogens is 186 g/mol. The molecule has 0 spiro atoms. The van der Waals surface area contributed by atoms with E-state index in [0.717, 1.165) is 12.0 Å². The lowest BCUT2D eigenvalue weighted by atomic mass is 9.93. The van der Waals surface area contributed by atoms with Crippen LogP contribution in [0.25, 0.3) is 0 Å². The first-order chi connectivity index (χ1) is 7.38. The fourth-order valence-electron chi connectivity index (χ4n) is 2.61. The molecule has 0 radical (unpaired) electrons. The topological polar surface area (TPSA) is 21.3 Å². The van der Waals surface area contributed by atoms with Gasteiger partial charge in [0, 0.05) is 13.2 Å². The van der Waals surface area contributed by atoms with Crippen LogP contribution in [0, 0.1) is 5.92 Å². The van der Waals surface area contributed by atoms with Crippen LogP contribution in [-0.4, -0.2) is 25.8 Å². The van der Waals surface area contributed by atoms with Crippen molar-refractivity contribution in [2.24, 2.45) is 5.92 Å². The largest absolute Gasteiger partial charge is 0.381 e. The summed E-state index contributed by atoms with van der Waals surface area (Å²) in [5.41, 5.74) is 0. The van der Waals surface area contributed by atoms with Crippen molar-refractivity contribution in [1.82, 2.24) is 5.32 Å². The van der Waals surface area contributed by atoms with Crippen LogP contribution in [0.3, 0.4) is 0 Å². The number of hydrogen-bond donors (Lipinski definition) is 1. The van der Waals surface area contributed by atoms with E-state index < -0.39 is 0 Å². The SMILES string of the molecule is COC1CCC(NCCCC2CC2)CC1. The normalized spacial score (nSPS) is 31.8. The summed E-state index contributed by atoms with van der Waals surface area (Å²) in [5, 5.41) is 3.69. The second-order valence-electron chi connectivity index (χ2n) is 5.25. The van der Waals surface area contributed by atoms with Crippen molar-refractivity contribution in [2.45, 2.75) is 63.5 Å². The molecule has 2 saturated carbocycles. The van der Waals surface area contributed by atoms with Crippen LogP contribution in [0.5, 0.6) is 0 Å². The van der Waals surface area contributed by atoms with Crippen molar-refractivity contribution in [3.63, 3.8) is 0 Å². The van der Waals surface area contributed by atoms with E-state index in [0.29, 0.717) is 6.10 Å². The second kappa shape index (κ2) is 5.86. The Labute approximate surface area is 93.8 Å². The Hall–Kier alpha value is -0.0800. The molecule has 0 aromatic heterocycles. The van der Waals surface area contributed by atoms with E-state index >= 15 is 0 Å². The summed E-state index contributed by atoms with van der Waals surface area (Å²) in [6.45, 7) is 1.23. The van der Waals surface area contributed by atoms with Crippen LogP contribution in [0.15, 0.2) is 0 Å². The number of ether oxygens (including phenoxy) is 1. The third kappa shape index (κ3) is 4.12. The van der Waals surface area contributed by atoms with Gasteiger partial charge in [-0.05, 0) is 51.0 Å². The number of hydrogen-bond acceptors (Lipinski definition) is 2. The summed E-state index contributed by atoms with van der Waals surface area (Å²) in [6.07, 6.45) is 11.5. The minimum absolute atomic E-state index is 0.537. The smallest absolute Gasteiger partial charge is 0.0572 e. The Bertz CT molecular complexity index is 171. The molecule has 15 heavy (non-hydrogen) atoms. The lowest BCUT2D eigenvalue weighted by Gasteiger charge is -2.28. The highest BCUT2D eigenvalue weighted by molar-refractivity contribution is 4.78. The van der Waals surface area contributed by atoms with E-state index in [4.69, 9.17) is 4.74 Å². The molecule has 2 aliphatic rings. The maximum Gasteiger partial charge on any atom is 0.0572 e. The molecule has 88 valence electrons. The molecule has 0 unspecified atom stereocenters. The van der Waals surface area contributed by atoms with Gasteiger partial charge >= 0.3 is 0 Å². The van der Waals surface area contributed by atoms with Gasteiger partial charge < -0.3 is 10.1 Å². The average Bonchev–Trinajstić information content (AvgIpc) is 3.09. The lowest BCUT2D eigenvalue weighted by molar-refractivity contribution is 0.0625. The van der Waals surface area contributed by atoms with E-state index in [1.54, 1.807) is 0 Å². The number of methoxy groups -OCH3 is 1. The quantitative estimate of drug-likeness (QED) is 0.682. The Morgan fingerprint density at radius 3 is 2.40 bits per heavy atom. The predicted molar refractivity (Wildman–Crippen MR) is 63.0 cm³/mol. The Morgan fingerprint density at radius 1 is 1.07 bits per heavy atom. The average molecular weight is 211 g/mol. The van der Waals surface area contributed by atoms with Crippen LogP contribution in [-0.2, 0) is 4.74 Å². The second-order valence-corrected chi connectivity index (χ2v) is 5.25. The van der Waals surface area contributed by atoms with Crippen molar-refractivity contribution in [3.8, 4) is 0 Å². The zero-order chi connectivity index (χ0) is 10.5. The van der Waals surface area contributed by atoms with E-state index in [1.807, 2.05) is 7.11 Å². The molecule has 2 heteroatoms. The van der Waals surface area contributed by atoms with Gasteiger partial charge in [0.2, 0.25) is 0 Å². The van der Waals surface area contributed by atoms with Gasteiger partial charge in [-0.25, -0.2) is 0 Å². The van der Waals surface area contributed by atoms with Crippen LogP contribution in [0.4, 0.5) is 0 Å². The van der Waals surface area contributed by atoms with Gasteiger partial charge in [0.15, 0.2) is 0 Å². The summed E-state index contributed by atoms with van der Waals surface area (Å²) in [5.74, 6) is 1.09. The van der Waals surface area contributed by atoms with E-state index in [9.17, 15) is 0 Å². The molecule has 1 N–H and O–H groups in total. The first kappa shape index (κ1) is 11.4. The van der Waals surface area contributed by atoms with Crippen LogP contribution >= 0.6 is 0 Å². The molecule has 0 amide bonds. The monoisotopic (exact) mass is 211 g/mol. The first-order valence-corrected chi connectivity index (χ1v) is 6.64. The standard InChI is InChI=1S/C13H25NO/c1-15-13-8-6-12(7-9-13)14-10-2-3-11-4-5-11/h11-14H,2-10H2,1H3. The van der Waals surface area contributed by atoms with E-state index in [1.165, 1.54) is 57.9 Å². The zero-order valence-corrected chi connectivity index (χ0v) is 10.0. The molecule has 2 fully saturated rings. The van der Waals surface area contributed by atoms with E-state index in [2.05, 4.69) is 5.32 Å². The molecule has 0 saturated heterocycles. The molecule has 0 atom stereocenters. The van der Waals surface area contributed by atoms with Gasteiger partial charge in [-0.15, -0.1) is 0 Å². The fourth-order valence-corrected chi connectivity index (χ4v) is 2.61. The molecule has 0 heterocycles. The Balaban J connectivity index is 1.48. The van der Waals surface area contributed by atoms with Gasteiger partial charge in [0.1, 0.15) is 0 Å². The minimum Gasteiger partial charge on any atom is -0.381 e. The van der Waals surface area contributed by atoms with Gasteiger partial charge in [0.25, 0.3) is 0 Å². The molecular formula is C13H25NO. The maximum atomic E-state index is 5.38. The molecule has 0 aromatic rings. The Kier molecular flexibility index (Phi) is 4.45. The van der Waals surface area contributed by atoms with Crippen molar-refractivity contribution in [2.75, 3.05) is 13.7 Å². The van der Waals surface area contributed by atoms with Crippen molar-refractivity contribution < 1.29 is 4.74 Å². The Morgan fingerprint density at radius 2 is 1.80 bits per heavy atom. The number of rotatable bonds is 6. The van der Waals surface area contributed by atoms with Gasteiger partial charge in [0.05, 0.1) is 6.10 Å². The molecule has 0 aromatic carbocycles. The summed E-state index contributed by atoms with van der Waals surface area (Å²) >= 11 is 0. The van der Waals surface area contributed by atoms with Crippen LogP contribution in [0.2, 0.25) is 0 Å². The molecule has 2 nitrogen and oxygen atoms in total. The maximum absolute atomic E-state index is 5.38. The lowest BCUT2D eigenvalue weighted by Crippen LogP contribution is -2.35. The highest BCUT2D eigenvalue weighted by Gasteiger charge is 2.22. The third-order valence-electron chi connectivity index (χ3n) is 3.93. The highest BCUT2D eigenvalue weighted by Crippen LogP contribution is 2.33. The van der Waals surface area contributed by atoms with Gasteiger partial charge in [-0.1, -0.05) is 12.8 Å². The minimum atomic E-state index is 0.537. The first-order valence-electron chi connectivity index (χ1n) is 6.64. The summed E-state index contributed by atoms with van der Waals surface area (Å²) < 4.78 is 5.38. The van der Waals surface area contributed by atoms with Gasteiger partial charge in [-0.3, -0.25) is 0 Å². The highest BCUT2D eigenvalue weighted by atomic mass is 16.5. The summed E-state index contributed by atoms with van der Waals surface area (Å²) in [7, 11) is 1.84. The molecule has 2 aliphatic carbocycles. The van der Waals surface area contributed by atoms with Gasteiger partial charge in [-0.2, -0.15) is 0 Å². The number of nitrogens with one attached hydrogen (secondary N) is 1. The van der Waals surface area contributed by atoms with Crippen LogP contribution < -0.4 is 5.32 Å². The third-order valence-corrected chi connectivity index (χ3v) is 3.93. The molecule has 0 bridgehead atoms. The fraction of sp³-hybridized carbons (Fsp3) is 1.00. The zero-order valence-electron chi connectivity index (χ0n) is 10.0. The van der Waals surface area contributed by atoms with E-state index in [-0.39, 0.29) is 0 Å². The van der Waals surface area contributed by atoms with Crippen molar-refractivity contribution >= 4 is 0 Å².